The van der Waals surface area contributed by atoms with Crippen LogP contribution in [-0.2, 0) is 0 Å². The number of furan rings is 2. The zero-order valence-electron chi connectivity index (χ0n) is 36.0. The molecule has 0 saturated heterocycles. The summed E-state index contributed by atoms with van der Waals surface area (Å²) in [5, 5.41) is 9.42. The van der Waals surface area contributed by atoms with Crippen molar-refractivity contribution in [2.24, 2.45) is 0 Å². The SMILES string of the molecule is Cc1ccccc1N(c1ccc2cc3c(cc2c1)-c1cc2cc(N(c4ccccc4C)c4cc5oc6ccccc6c5cc4C)ccc2cc1-3)c1cc2oc3ccccc3c2cc1C. The molecule has 0 radical (unpaired) electrons. The summed E-state index contributed by atoms with van der Waals surface area (Å²) in [4.78, 5) is 4.79. The number of rotatable bonds is 6. The maximum Gasteiger partial charge on any atom is 0.137 e. The smallest absolute Gasteiger partial charge is 0.137 e. The average molecular weight is 823 g/mol. The summed E-state index contributed by atoms with van der Waals surface area (Å²) in [7, 11) is 0. The Kier molecular flexibility index (Phi) is 7.83. The zero-order chi connectivity index (χ0) is 42.8. The molecule has 2 heterocycles. The van der Waals surface area contributed by atoms with Crippen molar-refractivity contribution in [3.63, 3.8) is 0 Å². The summed E-state index contributed by atoms with van der Waals surface area (Å²) in [6.07, 6.45) is 0. The molecule has 4 nitrogen and oxygen atoms in total. The van der Waals surface area contributed by atoms with Gasteiger partial charge in [-0.05, 0) is 179 Å². The van der Waals surface area contributed by atoms with E-state index in [2.05, 4.69) is 195 Å². The number of anilines is 6. The number of hydrogen-bond acceptors (Lipinski definition) is 4. The third-order valence-corrected chi connectivity index (χ3v) is 13.6. The van der Waals surface area contributed by atoms with Crippen LogP contribution in [0.3, 0.4) is 0 Å². The lowest BCUT2D eigenvalue weighted by Crippen LogP contribution is -2.13. The Morgan fingerprint density at radius 1 is 0.281 bits per heavy atom. The van der Waals surface area contributed by atoms with Gasteiger partial charge < -0.3 is 18.6 Å². The highest BCUT2D eigenvalue weighted by Gasteiger charge is 2.26. The van der Waals surface area contributed by atoms with Gasteiger partial charge in [-0.15, -0.1) is 0 Å². The van der Waals surface area contributed by atoms with Crippen LogP contribution in [0.1, 0.15) is 22.3 Å². The molecular weight excluding hydrogens is 781 g/mol. The van der Waals surface area contributed by atoms with Crippen LogP contribution in [0.5, 0.6) is 0 Å². The second kappa shape index (κ2) is 13.7. The van der Waals surface area contributed by atoms with E-state index in [-0.39, 0.29) is 0 Å². The van der Waals surface area contributed by atoms with E-state index in [1.807, 2.05) is 24.3 Å². The summed E-state index contributed by atoms with van der Waals surface area (Å²) < 4.78 is 12.9. The molecule has 0 aliphatic heterocycles. The summed E-state index contributed by atoms with van der Waals surface area (Å²) in [5.41, 5.74) is 20.3. The van der Waals surface area contributed by atoms with Crippen LogP contribution >= 0.6 is 0 Å². The van der Waals surface area contributed by atoms with Crippen LogP contribution in [0.2, 0.25) is 0 Å². The number of fused-ring (bicyclic) bond motifs is 12. The first kappa shape index (κ1) is 36.6. The Labute approximate surface area is 370 Å². The highest BCUT2D eigenvalue weighted by Crippen LogP contribution is 2.52. The third kappa shape index (κ3) is 5.49. The molecule has 12 aromatic rings. The minimum Gasteiger partial charge on any atom is -0.456 e. The van der Waals surface area contributed by atoms with Gasteiger partial charge in [0.05, 0.1) is 11.4 Å². The second-order valence-corrected chi connectivity index (χ2v) is 17.6. The molecule has 64 heavy (non-hydrogen) atoms. The topological polar surface area (TPSA) is 32.8 Å². The molecule has 0 fully saturated rings. The van der Waals surface area contributed by atoms with Gasteiger partial charge in [-0.2, -0.15) is 0 Å². The van der Waals surface area contributed by atoms with Gasteiger partial charge in [-0.3, -0.25) is 0 Å². The molecule has 4 heteroatoms. The first-order chi connectivity index (χ1) is 31.3. The van der Waals surface area contributed by atoms with Crippen LogP contribution in [-0.4, -0.2) is 0 Å². The zero-order valence-corrected chi connectivity index (χ0v) is 36.0. The lowest BCUT2D eigenvalue weighted by atomic mass is 9.78. The fourth-order valence-corrected chi connectivity index (χ4v) is 10.3. The number of hydrogen-bond donors (Lipinski definition) is 0. The molecular formula is C60H42N2O2. The van der Waals surface area contributed by atoms with Gasteiger partial charge in [-0.1, -0.05) is 84.9 Å². The Balaban J connectivity index is 0.923. The lowest BCUT2D eigenvalue weighted by Gasteiger charge is -2.30. The van der Waals surface area contributed by atoms with Gasteiger partial charge in [0.1, 0.15) is 22.3 Å². The molecule has 0 atom stereocenters. The molecule has 0 amide bonds. The van der Waals surface area contributed by atoms with Crippen molar-refractivity contribution in [2.45, 2.75) is 27.7 Å². The second-order valence-electron chi connectivity index (χ2n) is 17.6. The summed E-state index contributed by atoms with van der Waals surface area (Å²) in [6.45, 7) is 8.79. The van der Waals surface area contributed by atoms with E-state index in [1.54, 1.807) is 0 Å². The summed E-state index contributed by atoms with van der Waals surface area (Å²) in [5.74, 6) is 0. The normalized spacial score (nSPS) is 12.1. The van der Waals surface area contributed by atoms with E-state index < -0.39 is 0 Å². The Morgan fingerprint density at radius 3 is 1.11 bits per heavy atom. The fourth-order valence-electron chi connectivity index (χ4n) is 10.3. The minimum atomic E-state index is 0.888. The maximum absolute atomic E-state index is 6.44. The van der Waals surface area contributed by atoms with Crippen LogP contribution in [0, 0.1) is 27.7 Å². The van der Waals surface area contributed by atoms with Crippen molar-refractivity contribution in [1.82, 2.24) is 0 Å². The molecule has 0 bridgehead atoms. The van der Waals surface area contributed by atoms with Gasteiger partial charge in [0, 0.05) is 56.4 Å². The van der Waals surface area contributed by atoms with Gasteiger partial charge in [-0.25, -0.2) is 0 Å². The van der Waals surface area contributed by atoms with Gasteiger partial charge in [0.15, 0.2) is 0 Å². The van der Waals surface area contributed by atoms with Gasteiger partial charge >= 0.3 is 0 Å². The molecule has 2 aromatic heterocycles. The molecule has 10 aromatic carbocycles. The molecule has 1 aliphatic rings. The van der Waals surface area contributed by atoms with Crippen molar-refractivity contribution in [1.29, 1.82) is 0 Å². The lowest BCUT2D eigenvalue weighted by molar-refractivity contribution is 0.668. The predicted octanol–water partition coefficient (Wildman–Crippen LogP) is 17.6. The van der Waals surface area contributed by atoms with E-state index >= 15 is 0 Å². The standard InChI is InChI=1S/C60H42N2O2/c1-35-13-5-9-17-53(35)61(55-33-59-51(25-37(55)3)45-15-7-11-19-57(45)63-59)43-23-21-39-29-47-48-30-40-22-24-44(28-42(40)32-50(48)49(47)31-41(39)27-43)62(54-18-10-6-14-36(54)2)56-34-60-52(26-38(56)4)46-16-8-12-20-58(46)64-60/h5-34H,1-4H3. The molecule has 0 unspecified atom stereocenters. The van der Waals surface area contributed by atoms with Crippen molar-refractivity contribution in [2.75, 3.05) is 9.80 Å². The first-order valence-corrected chi connectivity index (χ1v) is 22.1. The molecule has 0 spiro atoms. The molecule has 304 valence electrons. The highest BCUT2D eigenvalue weighted by atomic mass is 16.3. The Hall–Kier alpha value is -8.08. The Morgan fingerprint density at radius 2 is 0.672 bits per heavy atom. The summed E-state index contributed by atoms with van der Waals surface area (Å²) >= 11 is 0. The number of para-hydroxylation sites is 4. The van der Waals surface area contributed by atoms with Crippen LogP contribution in [0.4, 0.5) is 34.1 Å². The quantitative estimate of drug-likeness (QED) is 0.167. The fraction of sp³-hybridized carbons (Fsp3) is 0.0667. The monoisotopic (exact) mass is 822 g/mol. The van der Waals surface area contributed by atoms with Crippen LogP contribution < -0.4 is 9.80 Å². The number of nitrogens with zero attached hydrogens (tertiary/aromatic N) is 2. The van der Waals surface area contributed by atoms with Crippen molar-refractivity contribution in [3.8, 4) is 22.3 Å². The minimum absolute atomic E-state index is 0.888. The predicted molar refractivity (Wildman–Crippen MR) is 269 cm³/mol. The number of benzene rings is 10. The van der Waals surface area contributed by atoms with E-state index in [9.17, 15) is 0 Å². The molecule has 1 aliphatic carbocycles. The highest BCUT2D eigenvalue weighted by molar-refractivity contribution is 6.13. The molecule has 0 saturated carbocycles. The van der Waals surface area contributed by atoms with E-state index in [4.69, 9.17) is 8.83 Å². The summed E-state index contributed by atoms with van der Waals surface area (Å²) in [6, 6.07) is 66.2. The molecule has 13 rings (SSSR count). The van der Waals surface area contributed by atoms with Crippen molar-refractivity contribution < 1.29 is 8.83 Å². The maximum atomic E-state index is 6.44. The van der Waals surface area contributed by atoms with Crippen LogP contribution in [0.15, 0.2) is 191 Å². The van der Waals surface area contributed by atoms with E-state index in [0.29, 0.717) is 0 Å². The van der Waals surface area contributed by atoms with Gasteiger partial charge in [0.25, 0.3) is 0 Å². The van der Waals surface area contributed by atoms with Crippen molar-refractivity contribution in [3.05, 3.63) is 204 Å². The van der Waals surface area contributed by atoms with E-state index in [0.717, 1.165) is 78.0 Å². The number of aryl methyl sites for hydroxylation is 4. The first-order valence-electron chi connectivity index (χ1n) is 22.1. The largest absolute Gasteiger partial charge is 0.456 e. The van der Waals surface area contributed by atoms with Gasteiger partial charge in [0.2, 0.25) is 0 Å². The Bertz CT molecular complexity index is 3670. The van der Waals surface area contributed by atoms with Crippen LogP contribution in [0.25, 0.3) is 87.7 Å². The van der Waals surface area contributed by atoms with Crippen molar-refractivity contribution >= 4 is 99.5 Å². The molecule has 0 N–H and O–H groups in total. The third-order valence-electron chi connectivity index (χ3n) is 13.6. The van der Waals surface area contributed by atoms with E-state index in [1.165, 1.54) is 66.1 Å². The average Bonchev–Trinajstić information content (AvgIpc) is 3.86.